The molecule has 0 bridgehead atoms. The van der Waals surface area contributed by atoms with E-state index in [2.05, 4.69) is 57.0 Å². The fourth-order valence-corrected chi connectivity index (χ4v) is 3.16. The van der Waals surface area contributed by atoms with Gasteiger partial charge in [0.2, 0.25) is 0 Å². The maximum absolute atomic E-state index is 5.97. The van der Waals surface area contributed by atoms with Gasteiger partial charge in [-0.05, 0) is 36.5 Å². The van der Waals surface area contributed by atoms with E-state index in [1.54, 1.807) is 0 Å². The molecule has 2 saturated heterocycles. The third-order valence-electron chi connectivity index (χ3n) is 4.79. The SMILES string of the molecule is CC(C)(C)c1ccc(N2OCC3COCCC32C)cc1. The summed E-state index contributed by atoms with van der Waals surface area (Å²) in [4.78, 5) is 5.97. The Hall–Kier alpha value is -1.06. The minimum Gasteiger partial charge on any atom is -0.381 e. The Morgan fingerprint density at radius 3 is 2.50 bits per heavy atom. The summed E-state index contributed by atoms with van der Waals surface area (Å²) in [5, 5.41) is 2.12. The molecule has 1 aromatic carbocycles. The van der Waals surface area contributed by atoms with Crippen LogP contribution in [0.3, 0.4) is 0 Å². The van der Waals surface area contributed by atoms with Gasteiger partial charge in [0.05, 0.1) is 24.4 Å². The van der Waals surface area contributed by atoms with Gasteiger partial charge in [-0.2, -0.15) is 0 Å². The normalized spacial score (nSPS) is 30.4. The third-order valence-corrected chi connectivity index (χ3v) is 4.79. The van der Waals surface area contributed by atoms with Gasteiger partial charge in [0.25, 0.3) is 0 Å². The Morgan fingerprint density at radius 1 is 1.15 bits per heavy atom. The van der Waals surface area contributed by atoms with E-state index in [4.69, 9.17) is 9.57 Å². The molecule has 2 fully saturated rings. The Bertz CT molecular complexity index is 477. The molecule has 0 N–H and O–H groups in total. The van der Waals surface area contributed by atoms with E-state index >= 15 is 0 Å². The maximum atomic E-state index is 5.97. The Kier molecular flexibility index (Phi) is 3.30. The quantitative estimate of drug-likeness (QED) is 0.782. The Morgan fingerprint density at radius 2 is 1.85 bits per heavy atom. The van der Waals surface area contributed by atoms with E-state index in [9.17, 15) is 0 Å². The van der Waals surface area contributed by atoms with Crippen molar-refractivity contribution in [1.82, 2.24) is 0 Å². The van der Waals surface area contributed by atoms with Crippen molar-refractivity contribution in [1.29, 1.82) is 0 Å². The summed E-state index contributed by atoms with van der Waals surface area (Å²) in [5.74, 6) is 0.471. The topological polar surface area (TPSA) is 21.7 Å². The van der Waals surface area contributed by atoms with Crippen LogP contribution >= 0.6 is 0 Å². The predicted octanol–water partition coefficient (Wildman–Crippen LogP) is 3.53. The molecule has 0 aromatic heterocycles. The number of ether oxygens (including phenoxy) is 1. The van der Waals surface area contributed by atoms with Crippen LogP contribution < -0.4 is 5.06 Å². The van der Waals surface area contributed by atoms with E-state index in [1.165, 1.54) is 5.56 Å². The number of fused-ring (bicyclic) bond motifs is 1. The molecule has 1 aromatic rings. The van der Waals surface area contributed by atoms with Gasteiger partial charge in [-0.25, -0.2) is 5.06 Å². The molecule has 2 heterocycles. The highest BCUT2D eigenvalue weighted by Gasteiger charge is 2.48. The molecular weight excluding hydrogens is 250 g/mol. The highest BCUT2D eigenvalue weighted by molar-refractivity contribution is 5.49. The number of hydrogen-bond acceptors (Lipinski definition) is 3. The standard InChI is InChI=1S/C17H25NO2/c1-16(2,3)13-5-7-15(8-6-13)18-17(4)9-10-19-11-14(17)12-20-18/h5-8,14H,9-12H2,1-4H3. The van der Waals surface area contributed by atoms with Crippen LogP contribution in [0.1, 0.15) is 39.7 Å². The number of hydroxylamine groups is 1. The highest BCUT2D eigenvalue weighted by Crippen LogP contribution is 2.41. The average molecular weight is 275 g/mol. The lowest BCUT2D eigenvalue weighted by atomic mass is 9.82. The molecule has 3 nitrogen and oxygen atoms in total. The second-order valence-corrected chi connectivity index (χ2v) is 7.27. The lowest BCUT2D eigenvalue weighted by Crippen LogP contribution is -2.50. The summed E-state index contributed by atoms with van der Waals surface area (Å²) in [6.07, 6.45) is 1.03. The fraction of sp³-hybridized carbons (Fsp3) is 0.647. The Balaban J connectivity index is 1.86. The predicted molar refractivity (Wildman–Crippen MR) is 80.9 cm³/mol. The molecule has 0 saturated carbocycles. The van der Waals surface area contributed by atoms with Crippen molar-refractivity contribution in [2.24, 2.45) is 5.92 Å². The van der Waals surface area contributed by atoms with Crippen molar-refractivity contribution in [3.63, 3.8) is 0 Å². The lowest BCUT2D eigenvalue weighted by molar-refractivity contribution is 0.0253. The van der Waals surface area contributed by atoms with Crippen LogP contribution in [0.5, 0.6) is 0 Å². The molecule has 3 rings (SSSR count). The third kappa shape index (κ3) is 2.23. The largest absolute Gasteiger partial charge is 0.381 e. The summed E-state index contributed by atoms with van der Waals surface area (Å²) in [5.41, 5.74) is 2.77. The summed E-state index contributed by atoms with van der Waals surface area (Å²) in [7, 11) is 0. The Labute approximate surface area is 121 Å². The van der Waals surface area contributed by atoms with E-state index in [1.807, 2.05) is 0 Å². The van der Waals surface area contributed by atoms with E-state index in [-0.39, 0.29) is 11.0 Å². The monoisotopic (exact) mass is 275 g/mol. The first kappa shape index (κ1) is 13.9. The van der Waals surface area contributed by atoms with Crippen LogP contribution in [0.4, 0.5) is 5.69 Å². The summed E-state index contributed by atoms with van der Waals surface area (Å²) in [6.45, 7) is 11.4. The van der Waals surface area contributed by atoms with Crippen LogP contribution in [-0.4, -0.2) is 25.4 Å². The minimum absolute atomic E-state index is 0.0709. The second-order valence-electron chi connectivity index (χ2n) is 7.27. The first-order chi connectivity index (χ1) is 9.41. The zero-order valence-corrected chi connectivity index (χ0v) is 13.0. The number of hydrogen-bond donors (Lipinski definition) is 0. The van der Waals surface area contributed by atoms with Gasteiger partial charge < -0.3 is 4.74 Å². The molecule has 0 radical (unpaired) electrons. The number of rotatable bonds is 1. The van der Waals surface area contributed by atoms with Gasteiger partial charge in [-0.3, -0.25) is 4.84 Å². The van der Waals surface area contributed by atoms with Crippen LogP contribution in [-0.2, 0) is 15.0 Å². The first-order valence-corrected chi connectivity index (χ1v) is 7.53. The van der Waals surface area contributed by atoms with E-state index in [0.29, 0.717) is 5.92 Å². The molecule has 2 aliphatic rings. The van der Waals surface area contributed by atoms with Gasteiger partial charge in [0.1, 0.15) is 0 Å². The molecule has 3 heteroatoms. The smallest absolute Gasteiger partial charge is 0.0822 e. The molecule has 2 unspecified atom stereocenters. The van der Waals surface area contributed by atoms with Crippen molar-refractivity contribution < 1.29 is 9.57 Å². The molecule has 0 amide bonds. The van der Waals surface area contributed by atoms with Gasteiger partial charge in [0, 0.05) is 12.5 Å². The van der Waals surface area contributed by atoms with Crippen LogP contribution in [0.25, 0.3) is 0 Å². The zero-order valence-electron chi connectivity index (χ0n) is 13.0. The average Bonchev–Trinajstić information content (AvgIpc) is 2.75. The van der Waals surface area contributed by atoms with Gasteiger partial charge in [-0.15, -0.1) is 0 Å². The molecular formula is C17H25NO2. The van der Waals surface area contributed by atoms with Crippen molar-refractivity contribution in [2.45, 2.75) is 45.1 Å². The van der Waals surface area contributed by atoms with Crippen LogP contribution in [0, 0.1) is 5.92 Å². The van der Waals surface area contributed by atoms with Crippen molar-refractivity contribution in [3.05, 3.63) is 29.8 Å². The second kappa shape index (κ2) is 4.74. The molecule has 0 aliphatic carbocycles. The van der Waals surface area contributed by atoms with Crippen LogP contribution in [0.15, 0.2) is 24.3 Å². The molecule has 2 aliphatic heterocycles. The van der Waals surface area contributed by atoms with Gasteiger partial charge in [0.15, 0.2) is 0 Å². The molecule has 2 atom stereocenters. The molecule has 110 valence electrons. The van der Waals surface area contributed by atoms with Crippen molar-refractivity contribution >= 4 is 5.69 Å². The summed E-state index contributed by atoms with van der Waals surface area (Å²) in [6, 6.07) is 8.80. The molecule has 0 spiro atoms. The van der Waals surface area contributed by atoms with Crippen molar-refractivity contribution in [3.8, 4) is 0 Å². The fourth-order valence-electron chi connectivity index (χ4n) is 3.16. The van der Waals surface area contributed by atoms with Gasteiger partial charge >= 0.3 is 0 Å². The van der Waals surface area contributed by atoms with Crippen molar-refractivity contribution in [2.75, 3.05) is 24.9 Å². The van der Waals surface area contributed by atoms with E-state index < -0.39 is 0 Å². The molecule has 20 heavy (non-hydrogen) atoms. The lowest BCUT2D eigenvalue weighted by Gasteiger charge is -2.40. The first-order valence-electron chi connectivity index (χ1n) is 7.53. The minimum atomic E-state index is 0.0709. The zero-order chi connectivity index (χ0) is 14.4. The number of nitrogens with zero attached hydrogens (tertiary/aromatic N) is 1. The highest BCUT2D eigenvalue weighted by atomic mass is 16.7. The van der Waals surface area contributed by atoms with E-state index in [0.717, 1.165) is 31.9 Å². The van der Waals surface area contributed by atoms with Gasteiger partial charge in [-0.1, -0.05) is 32.9 Å². The van der Waals surface area contributed by atoms with Crippen LogP contribution in [0.2, 0.25) is 0 Å². The summed E-state index contributed by atoms with van der Waals surface area (Å²) >= 11 is 0. The summed E-state index contributed by atoms with van der Waals surface area (Å²) < 4.78 is 5.59. The number of benzene rings is 1. The maximum Gasteiger partial charge on any atom is 0.0822 e. The number of anilines is 1.